The third kappa shape index (κ3) is 2.90. The van der Waals surface area contributed by atoms with E-state index in [9.17, 15) is 0 Å². The number of methoxy groups -OCH3 is 1. The summed E-state index contributed by atoms with van der Waals surface area (Å²) in [5.74, 6) is 1.66. The molecule has 1 saturated heterocycles. The number of ether oxygens (including phenoxy) is 1. The molecule has 21 heavy (non-hydrogen) atoms. The molecule has 0 radical (unpaired) electrons. The van der Waals surface area contributed by atoms with Crippen LogP contribution in [0.5, 0.6) is 0 Å². The molecule has 0 aliphatic carbocycles. The number of piperidine rings is 1. The van der Waals surface area contributed by atoms with Gasteiger partial charge in [-0.25, -0.2) is 4.68 Å². The summed E-state index contributed by atoms with van der Waals surface area (Å²) in [6.45, 7) is 5.88. The van der Waals surface area contributed by atoms with E-state index in [1.807, 2.05) is 36.7 Å². The molecule has 0 bridgehead atoms. The SMILES string of the molecule is CO[C@H]1CCCN(c2ccc(-n3nc(C)cc3C)nn2)C1. The fourth-order valence-corrected chi connectivity index (χ4v) is 2.80. The first-order chi connectivity index (χ1) is 10.2. The molecule has 6 heteroatoms. The van der Waals surface area contributed by atoms with Gasteiger partial charge in [-0.3, -0.25) is 0 Å². The zero-order valence-electron chi connectivity index (χ0n) is 12.8. The van der Waals surface area contributed by atoms with E-state index in [1.165, 1.54) is 0 Å². The second-order valence-corrected chi connectivity index (χ2v) is 5.53. The highest BCUT2D eigenvalue weighted by Gasteiger charge is 2.20. The second kappa shape index (κ2) is 5.81. The molecular formula is C15H21N5O. The van der Waals surface area contributed by atoms with Crippen LogP contribution >= 0.6 is 0 Å². The van der Waals surface area contributed by atoms with Gasteiger partial charge in [0.15, 0.2) is 11.6 Å². The number of rotatable bonds is 3. The van der Waals surface area contributed by atoms with Crippen molar-refractivity contribution < 1.29 is 4.74 Å². The first-order valence-electron chi connectivity index (χ1n) is 7.32. The van der Waals surface area contributed by atoms with Crippen LogP contribution in [-0.2, 0) is 4.74 Å². The minimum atomic E-state index is 0.288. The van der Waals surface area contributed by atoms with Crippen LogP contribution in [-0.4, -0.2) is 46.3 Å². The largest absolute Gasteiger partial charge is 0.380 e. The molecule has 3 heterocycles. The van der Waals surface area contributed by atoms with E-state index in [0.717, 1.165) is 49.0 Å². The molecule has 3 rings (SSSR count). The summed E-state index contributed by atoms with van der Waals surface area (Å²) in [6, 6.07) is 6.01. The summed E-state index contributed by atoms with van der Waals surface area (Å²) in [7, 11) is 1.77. The zero-order chi connectivity index (χ0) is 14.8. The quantitative estimate of drug-likeness (QED) is 0.863. The smallest absolute Gasteiger partial charge is 0.176 e. The average molecular weight is 287 g/mol. The van der Waals surface area contributed by atoms with Gasteiger partial charge in [-0.15, -0.1) is 10.2 Å². The Bertz CT molecular complexity index is 607. The highest BCUT2D eigenvalue weighted by molar-refractivity contribution is 5.40. The normalized spacial score (nSPS) is 19.0. The van der Waals surface area contributed by atoms with Gasteiger partial charge in [0.25, 0.3) is 0 Å². The van der Waals surface area contributed by atoms with Crippen LogP contribution in [0.15, 0.2) is 18.2 Å². The Hall–Kier alpha value is -1.95. The van der Waals surface area contributed by atoms with Crippen molar-refractivity contribution in [2.24, 2.45) is 0 Å². The molecular weight excluding hydrogens is 266 g/mol. The third-order valence-corrected chi connectivity index (χ3v) is 3.90. The highest BCUT2D eigenvalue weighted by atomic mass is 16.5. The Morgan fingerprint density at radius 3 is 2.57 bits per heavy atom. The fraction of sp³-hybridized carbons (Fsp3) is 0.533. The van der Waals surface area contributed by atoms with Gasteiger partial charge in [0, 0.05) is 25.9 Å². The molecule has 1 atom stereocenters. The zero-order valence-corrected chi connectivity index (χ0v) is 12.8. The van der Waals surface area contributed by atoms with Crippen molar-refractivity contribution in [3.05, 3.63) is 29.6 Å². The van der Waals surface area contributed by atoms with E-state index in [0.29, 0.717) is 0 Å². The Kier molecular flexibility index (Phi) is 3.88. The molecule has 0 aromatic carbocycles. The summed E-state index contributed by atoms with van der Waals surface area (Å²) in [6.07, 6.45) is 2.53. The standard InChI is InChI=1S/C15H21N5O/c1-11-9-12(2)20(18-11)15-7-6-14(16-17-15)19-8-4-5-13(10-19)21-3/h6-7,9,13H,4-5,8,10H2,1-3H3/t13-/m0/s1. The summed E-state index contributed by atoms with van der Waals surface area (Å²) in [5.41, 5.74) is 2.05. The average Bonchev–Trinajstić information content (AvgIpc) is 2.86. The Balaban J connectivity index is 1.79. The lowest BCUT2D eigenvalue weighted by atomic mass is 10.1. The molecule has 0 spiro atoms. The molecule has 2 aromatic heterocycles. The fourth-order valence-electron chi connectivity index (χ4n) is 2.80. The maximum Gasteiger partial charge on any atom is 0.176 e. The first-order valence-corrected chi connectivity index (χ1v) is 7.32. The molecule has 112 valence electrons. The van der Waals surface area contributed by atoms with Crippen LogP contribution < -0.4 is 4.90 Å². The van der Waals surface area contributed by atoms with Gasteiger partial charge < -0.3 is 9.64 Å². The minimum Gasteiger partial charge on any atom is -0.380 e. The molecule has 1 aliphatic rings. The number of hydrogen-bond acceptors (Lipinski definition) is 5. The molecule has 1 aliphatic heterocycles. The van der Waals surface area contributed by atoms with Gasteiger partial charge >= 0.3 is 0 Å². The van der Waals surface area contributed by atoms with Gasteiger partial charge in [-0.2, -0.15) is 5.10 Å². The van der Waals surface area contributed by atoms with Gasteiger partial charge in [0.2, 0.25) is 0 Å². The summed E-state index contributed by atoms with van der Waals surface area (Å²) < 4.78 is 7.27. The molecule has 0 unspecified atom stereocenters. The van der Waals surface area contributed by atoms with E-state index in [4.69, 9.17) is 4.74 Å². The molecule has 6 nitrogen and oxygen atoms in total. The highest BCUT2D eigenvalue weighted by Crippen LogP contribution is 2.19. The third-order valence-electron chi connectivity index (χ3n) is 3.90. The van der Waals surface area contributed by atoms with Crippen LogP contribution in [0.1, 0.15) is 24.2 Å². The van der Waals surface area contributed by atoms with Crippen molar-refractivity contribution >= 4 is 5.82 Å². The van der Waals surface area contributed by atoms with Crippen molar-refractivity contribution in [2.75, 3.05) is 25.1 Å². The number of aryl methyl sites for hydroxylation is 2. The Labute approximate surface area is 124 Å². The predicted molar refractivity (Wildman–Crippen MR) is 80.9 cm³/mol. The Morgan fingerprint density at radius 2 is 1.95 bits per heavy atom. The van der Waals surface area contributed by atoms with Crippen LogP contribution in [0, 0.1) is 13.8 Å². The van der Waals surface area contributed by atoms with Crippen molar-refractivity contribution in [1.82, 2.24) is 20.0 Å². The monoisotopic (exact) mass is 287 g/mol. The molecule has 2 aromatic rings. The van der Waals surface area contributed by atoms with Crippen molar-refractivity contribution in [2.45, 2.75) is 32.8 Å². The summed E-state index contributed by atoms with van der Waals surface area (Å²) in [5, 5.41) is 13.1. The summed E-state index contributed by atoms with van der Waals surface area (Å²) >= 11 is 0. The van der Waals surface area contributed by atoms with Gasteiger partial charge in [-0.05, 0) is 44.9 Å². The Morgan fingerprint density at radius 1 is 1.19 bits per heavy atom. The number of hydrogen-bond donors (Lipinski definition) is 0. The van der Waals surface area contributed by atoms with E-state index >= 15 is 0 Å². The lowest BCUT2D eigenvalue weighted by molar-refractivity contribution is 0.0891. The van der Waals surface area contributed by atoms with Crippen LogP contribution in [0.2, 0.25) is 0 Å². The van der Waals surface area contributed by atoms with E-state index in [1.54, 1.807) is 7.11 Å². The van der Waals surface area contributed by atoms with Crippen LogP contribution in [0.25, 0.3) is 5.82 Å². The van der Waals surface area contributed by atoms with Crippen molar-refractivity contribution in [3.8, 4) is 5.82 Å². The lowest BCUT2D eigenvalue weighted by Gasteiger charge is -2.32. The van der Waals surface area contributed by atoms with Crippen molar-refractivity contribution in [1.29, 1.82) is 0 Å². The van der Waals surface area contributed by atoms with E-state index < -0.39 is 0 Å². The maximum absolute atomic E-state index is 5.45. The lowest BCUT2D eigenvalue weighted by Crippen LogP contribution is -2.39. The second-order valence-electron chi connectivity index (χ2n) is 5.53. The van der Waals surface area contributed by atoms with Crippen molar-refractivity contribution in [3.63, 3.8) is 0 Å². The van der Waals surface area contributed by atoms with Gasteiger partial charge in [0.05, 0.1) is 11.8 Å². The topological polar surface area (TPSA) is 56.1 Å². The molecule has 0 saturated carbocycles. The molecule has 0 amide bonds. The maximum atomic E-state index is 5.45. The number of anilines is 1. The van der Waals surface area contributed by atoms with E-state index in [2.05, 4.69) is 20.2 Å². The van der Waals surface area contributed by atoms with Gasteiger partial charge in [0.1, 0.15) is 0 Å². The predicted octanol–water partition coefficient (Wildman–Crippen LogP) is 1.89. The minimum absolute atomic E-state index is 0.288. The summed E-state index contributed by atoms with van der Waals surface area (Å²) in [4.78, 5) is 2.23. The van der Waals surface area contributed by atoms with Gasteiger partial charge in [-0.1, -0.05) is 0 Å². The molecule has 1 fully saturated rings. The van der Waals surface area contributed by atoms with E-state index in [-0.39, 0.29) is 6.10 Å². The van der Waals surface area contributed by atoms with Crippen LogP contribution in [0.4, 0.5) is 5.82 Å². The van der Waals surface area contributed by atoms with Crippen LogP contribution in [0.3, 0.4) is 0 Å². The first kappa shape index (κ1) is 14.0. The molecule has 0 N–H and O–H groups in total. The number of nitrogens with zero attached hydrogens (tertiary/aromatic N) is 5. The number of aromatic nitrogens is 4.